The Morgan fingerprint density at radius 1 is 1.35 bits per heavy atom. The molecule has 20 heavy (non-hydrogen) atoms. The Balaban J connectivity index is 2.01. The van der Waals surface area contributed by atoms with Crippen LogP contribution in [0.25, 0.3) is 11.0 Å². The summed E-state index contributed by atoms with van der Waals surface area (Å²) in [5.74, 6) is 0. The number of nitriles is 1. The summed E-state index contributed by atoms with van der Waals surface area (Å²) in [6.45, 7) is 0. The molecule has 0 radical (unpaired) electrons. The van der Waals surface area contributed by atoms with Gasteiger partial charge in [0.05, 0.1) is 22.7 Å². The van der Waals surface area contributed by atoms with Crippen LogP contribution in [0, 0.1) is 16.1 Å². The lowest BCUT2D eigenvalue weighted by Crippen LogP contribution is -2.19. The van der Waals surface area contributed by atoms with Gasteiger partial charge in [-0.25, -0.2) is 0 Å². The van der Waals surface area contributed by atoms with Crippen molar-refractivity contribution in [2.75, 3.05) is 6.26 Å². The first-order valence-corrected chi connectivity index (χ1v) is 8.59. The molecule has 3 rings (SSSR count). The Morgan fingerprint density at radius 3 is 2.75 bits per heavy atom. The monoisotopic (exact) mass is 303 g/mol. The summed E-state index contributed by atoms with van der Waals surface area (Å²) in [6.07, 6.45) is 7.03. The van der Waals surface area contributed by atoms with Crippen molar-refractivity contribution in [3.05, 3.63) is 28.5 Å². The molecule has 2 aromatic rings. The summed E-state index contributed by atoms with van der Waals surface area (Å²) in [4.78, 5) is 3.26. The summed E-state index contributed by atoms with van der Waals surface area (Å²) in [5, 5.41) is 9.87. The second kappa shape index (κ2) is 5.63. The number of rotatable bonds is 2. The van der Waals surface area contributed by atoms with Gasteiger partial charge < -0.3 is 9.55 Å². The summed E-state index contributed by atoms with van der Waals surface area (Å²) in [6, 6.07) is 8.41. The van der Waals surface area contributed by atoms with Gasteiger partial charge in [0.25, 0.3) is 0 Å². The summed E-state index contributed by atoms with van der Waals surface area (Å²) >= 11 is 7.46. The molecule has 1 N–H and O–H groups in total. The summed E-state index contributed by atoms with van der Waals surface area (Å²) in [5.41, 5.74) is 2.79. The summed E-state index contributed by atoms with van der Waals surface area (Å²) < 4.78 is 3.00. The number of hydrogen-bond donors (Lipinski definition) is 1. The molecule has 1 aromatic carbocycles. The van der Waals surface area contributed by atoms with Gasteiger partial charge in [-0.2, -0.15) is 17.0 Å². The number of fused-ring (bicyclic) bond motifs is 1. The molecule has 0 unspecified atom stereocenters. The molecule has 0 aliphatic heterocycles. The predicted octanol–water partition coefficient (Wildman–Crippen LogP) is 4.42. The fraction of sp³-hybridized carbons (Fsp3) is 0.467. The average Bonchev–Trinajstić information content (AvgIpc) is 2.82. The lowest BCUT2D eigenvalue weighted by molar-refractivity contribution is 0.364. The molecule has 0 spiro atoms. The third-order valence-corrected chi connectivity index (χ3v) is 5.63. The van der Waals surface area contributed by atoms with Gasteiger partial charge in [-0.05, 0) is 62.4 Å². The number of nitrogens with zero attached hydrogens (tertiary/aromatic N) is 2. The van der Waals surface area contributed by atoms with E-state index in [4.69, 9.17) is 17.5 Å². The van der Waals surface area contributed by atoms with Crippen LogP contribution in [0.4, 0.5) is 0 Å². The van der Waals surface area contributed by atoms with Crippen LogP contribution in [0.5, 0.6) is 0 Å². The second-order valence-corrected chi connectivity index (χ2v) is 6.83. The number of benzene rings is 1. The van der Waals surface area contributed by atoms with Crippen molar-refractivity contribution in [1.29, 1.82) is 5.26 Å². The van der Waals surface area contributed by atoms with Crippen LogP contribution in [-0.4, -0.2) is 21.1 Å². The summed E-state index contributed by atoms with van der Waals surface area (Å²) in [7, 11) is 0. The lowest BCUT2D eigenvalue weighted by atomic mass is 9.94. The highest BCUT2D eigenvalue weighted by atomic mass is 32.2. The zero-order valence-corrected chi connectivity index (χ0v) is 13.1. The Labute approximate surface area is 128 Å². The van der Waals surface area contributed by atoms with Crippen molar-refractivity contribution in [2.45, 2.75) is 37.0 Å². The Kier molecular flexibility index (Phi) is 3.86. The minimum atomic E-state index is 0.466. The molecule has 1 saturated carbocycles. The topological polar surface area (TPSA) is 44.5 Å². The predicted molar refractivity (Wildman–Crippen MR) is 86.6 cm³/mol. The van der Waals surface area contributed by atoms with Crippen LogP contribution in [0.3, 0.4) is 0 Å². The van der Waals surface area contributed by atoms with Gasteiger partial charge >= 0.3 is 0 Å². The van der Waals surface area contributed by atoms with E-state index in [1.54, 1.807) is 0 Å². The van der Waals surface area contributed by atoms with Gasteiger partial charge in [0.1, 0.15) is 0 Å². The van der Waals surface area contributed by atoms with Gasteiger partial charge in [-0.15, -0.1) is 0 Å². The van der Waals surface area contributed by atoms with Crippen LogP contribution >= 0.6 is 24.0 Å². The van der Waals surface area contributed by atoms with Crippen LogP contribution in [0.1, 0.15) is 37.3 Å². The minimum Gasteiger partial charge on any atom is -0.331 e. The molecule has 1 heterocycles. The van der Waals surface area contributed by atoms with Crippen molar-refractivity contribution in [2.24, 2.45) is 0 Å². The van der Waals surface area contributed by atoms with E-state index in [9.17, 15) is 0 Å². The zero-order valence-electron chi connectivity index (χ0n) is 11.4. The highest BCUT2D eigenvalue weighted by Crippen LogP contribution is 2.35. The quantitative estimate of drug-likeness (QED) is 0.835. The van der Waals surface area contributed by atoms with Crippen LogP contribution in [0.2, 0.25) is 0 Å². The molecule has 0 saturated heterocycles. The number of imidazole rings is 1. The molecule has 0 bridgehead atoms. The van der Waals surface area contributed by atoms with E-state index < -0.39 is 0 Å². The minimum absolute atomic E-state index is 0.466. The molecule has 3 nitrogen and oxygen atoms in total. The molecular formula is C15H17N3S2. The smallest absolute Gasteiger partial charge is 0.178 e. The van der Waals surface area contributed by atoms with E-state index >= 15 is 0 Å². The first-order chi connectivity index (χ1) is 9.72. The second-order valence-electron chi connectivity index (χ2n) is 5.31. The maximum Gasteiger partial charge on any atom is 0.178 e. The van der Waals surface area contributed by atoms with Crippen molar-refractivity contribution in [3.63, 3.8) is 0 Å². The maximum absolute atomic E-state index is 9.07. The number of aromatic nitrogens is 2. The third kappa shape index (κ3) is 2.38. The van der Waals surface area contributed by atoms with E-state index in [2.05, 4.69) is 21.9 Å². The van der Waals surface area contributed by atoms with Crippen molar-refractivity contribution >= 4 is 35.0 Å². The Morgan fingerprint density at radius 2 is 2.10 bits per heavy atom. The zero-order chi connectivity index (χ0) is 14.1. The van der Waals surface area contributed by atoms with E-state index in [1.165, 1.54) is 25.7 Å². The molecule has 1 aliphatic rings. The average molecular weight is 303 g/mol. The van der Waals surface area contributed by atoms with Gasteiger partial charge in [0.15, 0.2) is 4.77 Å². The SMILES string of the molecule is CSC1CCC(n2c(=S)[nH]c3ccc(C#N)cc32)CC1. The van der Waals surface area contributed by atoms with Crippen molar-refractivity contribution in [1.82, 2.24) is 9.55 Å². The largest absolute Gasteiger partial charge is 0.331 e. The van der Waals surface area contributed by atoms with Gasteiger partial charge in [-0.1, -0.05) is 0 Å². The van der Waals surface area contributed by atoms with Crippen LogP contribution in [0.15, 0.2) is 18.2 Å². The molecule has 5 heteroatoms. The van der Waals surface area contributed by atoms with Gasteiger partial charge in [0.2, 0.25) is 0 Å². The third-order valence-electron chi connectivity index (χ3n) is 4.19. The van der Waals surface area contributed by atoms with Crippen molar-refractivity contribution < 1.29 is 0 Å². The Hall–Kier alpha value is -1.25. The molecule has 1 aliphatic carbocycles. The highest BCUT2D eigenvalue weighted by Gasteiger charge is 2.23. The Bertz CT molecular complexity index is 715. The first kappa shape index (κ1) is 13.7. The van der Waals surface area contributed by atoms with Crippen LogP contribution < -0.4 is 0 Å². The first-order valence-electron chi connectivity index (χ1n) is 6.90. The fourth-order valence-electron chi connectivity index (χ4n) is 3.09. The van der Waals surface area contributed by atoms with Gasteiger partial charge in [0, 0.05) is 11.3 Å². The van der Waals surface area contributed by atoms with E-state index in [1.807, 2.05) is 30.0 Å². The van der Waals surface area contributed by atoms with E-state index in [0.717, 1.165) is 21.1 Å². The number of hydrogen-bond acceptors (Lipinski definition) is 3. The standard InChI is InChI=1S/C15H17N3S2/c1-20-12-5-3-11(4-6-12)18-14-8-10(9-16)2-7-13(14)17-15(18)19/h2,7-8,11-12H,3-6H2,1H3,(H,17,19). The van der Waals surface area contributed by atoms with Gasteiger partial charge in [-0.3, -0.25) is 0 Å². The van der Waals surface area contributed by atoms with Crippen LogP contribution in [-0.2, 0) is 0 Å². The van der Waals surface area contributed by atoms with Crippen molar-refractivity contribution in [3.8, 4) is 6.07 Å². The highest BCUT2D eigenvalue weighted by molar-refractivity contribution is 7.99. The maximum atomic E-state index is 9.07. The normalized spacial score (nSPS) is 22.8. The number of thioether (sulfide) groups is 1. The van der Waals surface area contributed by atoms with E-state index in [-0.39, 0.29) is 0 Å². The molecule has 0 atom stereocenters. The lowest BCUT2D eigenvalue weighted by Gasteiger charge is -2.28. The number of aromatic amines is 1. The molecular weight excluding hydrogens is 286 g/mol. The molecule has 1 fully saturated rings. The van der Waals surface area contributed by atoms with E-state index in [0.29, 0.717) is 11.6 Å². The number of H-pyrrole nitrogens is 1. The molecule has 0 amide bonds. The molecule has 104 valence electrons. The fourth-order valence-corrected chi connectivity index (χ4v) is 4.19. The number of nitrogens with one attached hydrogen (secondary N) is 1. The molecule has 1 aromatic heterocycles.